The molecule has 42 heavy (non-hydrogen) atoms. The lowest BCUT2D eigenvalue weighted by Crippen LogP contribution is -2.45. The number of carbonyl (C=O) groups is 2. The molecule has 0 bridgehead atoms. The lowest BCUT2D eigenvalue weighted by molar-refractivity contribution is -0.139. The summed E-state index contributed by atoms with van der Waals surface area (Å²) < 4.78 is 10.6. The van der Waals surface area contributed by atoms with Crippen LogP contribution < -0.4 is 25.6 Å². The number of alkyl carbamates (subject to hydrolysis) is 1. The zero-order valence-electron chi connectivity index (χ0n) is 23.9. The Morgan fingerprint density at radius 3 is 2.64 bits per heavy atom. The Kier molecular flexibility index (Phi) is 9.20. The van der Waals surface area contributed by atoms with Gasteiger partial charge in [-0.2, -0.15) is 9.97 Å². The summed E-state index contributed by atoms with van der Waals surface area (Å²) in [5, 5.41) is 18.6. The third kappa shape index (κ3) is 6.99. The van der Waals surface area contributed by atoms with E-state index in [1.807, 2.05) is 37.3 Å². The summed E-state index contributed by atoms with van der Waals surface area (Å²) in [6.45, 7) is 4.34. The van der Waals surface area contributed by atoms with Gasteiger partial charge in [0.1, 0.15) is 30.1 Å². The van der Waals surface area contributed by atoms with Crippen LogP contribution in [0.5, 0.6) is 6.01 Å². The molecule has 1 atom stereocenters. The van der Waals surface area contributed by atoms with Gasteiger partial charge in [0, 0.05) is 43.4 Å². The maximum absolute atomic E-state index is 12.3. The Morgan fingerprint density at radius 2 is 1.90 bits per heavy atom. The number of aliphatic carboxylic acids is 1. The monoisotopic (exact) mass is 575 g/mol. The first kappa shape index (κ1) is 28.9. The number of nitrogens with one attached hydrogen (secondary N) is 3. The van der Waals surface area contributed by atoms with Crippen molar-refractivity contribution in [1.29, 1.82) is 0 Å². The number of rotatable bonds is 10. The summed E-state index contributed by atoms with van der Waals surface area (Å²) in [6, 6.07) is 12.5. The first-order valence-electron chi connectivity index (χ1n) is 14.3. The lowest BCUT2D eigenvalue weighted by atomic mass is 9.92. The normalized spacial score (nSPS) is 15.6. The van der Waals surface area contributed by atoms with Gasteiger partial charge in [0.05, 0.1) is 7.11 Å². The number of piperidine rings is 1. The second-order valence-electron chi connectivity index (χ2n) is 10.5. The van der Waals surface area contributed by atoms with Crippen molar-refractivity contribution in [2.75, 3.05) is 48.8 Å². The van der Waals surface area contributed by atoms with Crippen molar-refractivity contribution in [3.63, 3.8) is 0 Å². The third-order valence-corrected chi connectivity index (χ3v) is 7.69. The van der Waals surface area contributed by atoms with Crippen LogP contribution in [-0.2, 0) is 22.6 Å². The van der Waals surface area contributed by atoms with Crippen LogP contribution in [0.2, 0.25) is 0 Å². The molecule has 2 aliphatic rings. The number of hydrogen-bond donors (Lipinski definition) is 4. The van der Waals surface area contributed by atoms with Gasteiger partial charge in [-0.15, -0.1) is 0 Å². The smallest absolute Gasteiger partial charge is 0.408 e. The largest absolute Gasteiger partial charge is 0.480 e. The number of carboxylic acid groups (broad SMARTS) is 1. The van der Waals surface area contributed by atoms with Gasteiger partial charge in [0.25, 0.3) is 0 Å². The second-order valence-corrected chi connectivity index (χ2v) is 10.5. The van der Waals surface area contributed by atoms with Gasteiger partial charge in [-0.1, -0.05) is 36.4 Å². The molecule has 0 radical (unpaired) electrons. The molecule has 0 unspecified atom stereocenters. The highest BCUT2D eigenvalue weighted by Gasteiger charge is 2.27. The van der Waals surface area contributed by atoms with Gasteiger partial charge in [0.15, 0.2) is 0 Å². The van der Waals surface area contributed by atoms with Crippen LogP contribution in [-0.4, -0.2) is 71.5 Å². The van der Waals surface area contributed by atoms with E-state index in [9.17, 15) is 14.7 Å². The van der Waals surface area contributed by atoms with E-state index in [0.29, 0.717) is 11.7 Å². The van der Waals surface area contributed by atoms with Crippen molar-refractivity contribution in [3.8, 4) is 6.01 Å². The molecular formula is C30H37N7O5. The van der Waals surface area contributed by atoms with Crippen LogP contribution in [0.1, 0.15) is 47.6 Å². The Labute approximate surface area is 244 Å². The van der Waals surface area contributed by atoms with E-state index in [2.05, 4.69) is 43.0 Å². The number of aryl methyl sites for hydroxylation is 1. The molecule has 1 aromatic carbocycles. The van der Waals surface area contributed by atoms with Crippen molar-refractivity contribution in [2.24, 2.45) is 0 Å². The maximum atomic E-state index is 12.3. The number of fused-ring (bicyclic) bond motifs is 1. The molecule has 4 N–H and O–H groups in total. The molecule has 1 fully saturated rings. The number of anilines is 3. The second kappa shape index (κ2) is 13.4. The molecule has 4 heterocycles. The molecule has 2 aliphatic heterocycles. The molecular weight excluding hydrogens is 538 g/mol. The van der Waals surface area contributed by atoms with Gasteiger partial charge < -0.3 is 35.4 Å². The minimum atomic E-state index is -1.24. The number of ether oxygens (including phenoxy) is 2. The molecule has 222 valence electrons. The molecule has 0 saturated carbocycles. The Bertz CT molecular complexity index is 1400. The van der Waals surface area contributed by atoms with E-state index in [-0.39, 0.29) is 19.2 Å². The minimum absolute atomic E-state index is 0.0358. The molecule has 12 nitrogen and oxygen atoms in total. The fourth-order valence-electron chi connectivity index (χ4n) is 5.32. The first-order chi connectivity index (χ1) is 20.4. The molecule has 5 rings (SSSR count). The van der Waals surface area contributed by atoms with E-state index in [0.717, 1.165) is 73.8 Å². The number of aromatic nitrogens is 3. The predicted molar refractivity (Wildman–Crippen MR) is 158 cm³/mol. The molecule has 12 heteroatoms. The highest BCUT2D eigenvalue weighted by Crippen LogP contribution is 2.34. The van der Waals surface area contributed by atoms with Crippen molar-refractivity contribution in [2.45, 2.75) is 51.2 Å². The summed E-state index contributed by atoms with van der Waals surface area (Å²) in [6.07, 6.45) is 3.24. The summed E-state index contributed by atoms with van der Waals surface area (Å²) in [5.41, 5.74) is 3.97. The molecule has 3 aromatic rings. The van der Waals surface area contributed by atoms with Crippen LogP contribution >= 0.6 is 0 Å². The topological polar surface area (TPSA) is 151 Å². The zero-order chi connectivity index (χ0) is 29.5. The summed E-state index contributed by atoms with van der Waals surface area (Å²) in [5.74, 6) is 1.34. The Morgan fingerprint density at radius 1 is 1.12 bits per heavy atom. The SMILES string of the molecule is COc1nc(NC[C@H](NC(=O)OCc2ccccc2)C(=O)O)c(C)c(N2CCC(c3ccc4c(n3)NCCC4)CC2)n1. The van der Waals surface area contributed by atoms with Crippen molar-refractivity contribution in [1.82, 2.24) is 20.3 Å². The fourth-order valence-corrected chi connectivity index (χ4v) is 5.32. The van der Waals surface area contributed by atoms with Crippen LogP contribution in [0, 0.1) is 6.92 Å². The van der Waals surface area contributed by atoms with Gasteiger partial charge in [-0.25, -0.2) is 14.6 Å². The van der Waals surface area contributed by atoms with E-state index < -0.39 is 18.1 Å². The Hall–Kier alpha value is -4.61. The maximum Gasteiger partial charge on any atom is 0.408 e. The lowest BCUT2D eigenvalue weighted by Gasteiger charge is -2.34. The number of pyridine rings is 1. The number of nitrogens with zero attached hydrogens (tertiary/aromatic N) is 4. The number of methoxy groups -OCH3 is 1. The van der Waals surface area contributed by atoms with Crippen LogP contribution in [0.25, 0.3) is 0 Å². The van der Waals surface area contributed by atoms with Crippen LogP contribution in [0.4, 0.5) is 22.2 Å². The van der Waals surface area contributed by atoms with Crippen LogP contribution in [0.15, 0.2) is 42.5 Å². The Balaban J connectivity index is 1.21. The summed E-state index contributed by atoms with van der Waals surface area (Å²) in [7, 11) is 1.49. The molecule has 0 aliphatic carbocycles. The van der Waals surface area contributed by atoms with Gasteiger partial charge >= 0.3 is 18.1 Å². The quantitative estimate of drug-likeness (QED) is 0.280. The number of carboxylic acids is 1. The molecule has 1 saturated heterocycles. The van der Waals surface area contributed by atoms with Crippen LogP contribution in [0.3, 0.4) is 0 Å². The highest BCUT2D eigenvalue weighted by atomic mass is 16.5. The highest BCUT2D eigenvalue weighted by molar-refractivity contribution is 5.80. The predicted octanol–water partition coefficient (Wildman–Crippen LogP) is 3.72. The van der Waals surface area contributed by atoms with Gasteiger partial charge in [0.2, 0.25) is 0 Å². The van der Waals surface area contributed by atoms with E-state index in [4.69, 9.17) is 14.5 Å². The van der Waals surface area contributed by atoms with E-state index in [1.165, 1.54) is 12.7 Å². The van der Waals surface area contributed by atoms with E-state index in [1.54, 1.807) is 0 Å². The van der Waals surface area contributed by atoms with Crippen molar-refractivity contribution < 1.29 is 24.2 Å². The zero-order valence-corrected chi connectivity index (χ0v) is 23.9. The van der Waals surface area contributed by atoms with E-state index >= 15 is 0 Å². The van der Waals surface area contributed by atoms with Crippen molar-refractivity contribution >= 4 is 29.5 Å². The third-order valence-electron chi connectivity index (χ3n) is 7.69. The fraction of sp³-hybridized carbons (Fsp3) is 0.433. The average Bonchev–Trinajstić information content (AvgIpc) is 3.03. The van der Waals surface area contributed by atoms with Gasteiger partial charge in [-0.3, -0.25) is 0 Å². The summed E-state index contributed by atoms with van der Waals surface area (Å²) in [4.78, 5) is 40.3. The molecule has 1 amide bonds. The number of amides is 1. The molecule has 0 spiro atoms. The van der Waals surface area contributed by atoms with Crippen molar-refractivity contribution in [3.05, 3.63) is 64.8 Å². The summed E-state index contributed by atoms with van der Waals surface area (Å²) >= 11 is 0. The number of benzene rings is 1. The molecule has 2 aromatic heterocycles. The number of carbonyl (C=O) groups excluding carboxylic acids is 1. The van der Waals surface area contributed by atoms with Gasteiger partial charge in [-0.05, 0) is 49.8 Å². The number of hydrogen-bond acceptors (Lipinski definition) is 10. The average molecular weight is 576 g/mol. The minimum Gasteiger partial charge on any atom is -0.480 e. The standard InChI is InChI=1S/C30H37N7O5/c1-19-25(32-17-24(28(38)39)34-30(40)42-18-20-7-4-3-5-8-20)35-29(41-2)36-27(19)37-15-12-21(13-16-37)23-11-10-22-9-6-14-31-26(22)33-23/h3-5,7-8,10-11,21,24H,6,9,12-18H2,1-2H3,(H,31,33)(H,34,40)(H,38,39)(H,32,35,36)/t24-/m0/s1. The first-order valence-corrected chi connectivity index (χ1v) is 14.3.